The van der Waals surface area contributed by atoms with E-state index in [1.165, 1.54) is 25.7 Å². The summed E-state index contributed by atoms with van der Waals surface area (Å²) in [6, 6.07) is 6.45. The van der Waals surface area contributed by atoms with Gasteiger partial charge in [-0.3, -0.25) is 0 Å². The highest BCUT2D eigenvalue weighted by molar-refractivity contribution is 7.99. The van der Waals surface area contributed by atoms with E-state index in [0.717, 1.165) is 21.9 Å². The minimum Gasteiger partial charge on any atom is -0.322 e. The molecule has 1 saturated carbocycles. The van der Waals surface area contributed by atoms with Crippen LogP contribution in [0.25, 0.3) is 11.0 Å². The molecule has 5 heteroatoms. The first-order valence-corrected chi connectivity index (χ1v) is 9.56. The molecule has 2 aromatic rings. The highest BCUT2D eigenvalue weighted by Gasteiger charge is 2.30. The average Bonchev–Trinajstić information content (AvgIpc) is 2.85. The molecule has 0 aliphatic heterocycles. The molecule has 1 heterocycles. The van der Waals surface area contributed by atoms with E-state index in [1.54, 1.807) is 0 Å². The Morgan fingerprint density at radius 2 is 2.10 bits per heavy atom. The van der Waals surface area contributed by atoms with Crippen LogP contribution in [0.15, 0.2) is 18.2 Å². The second-order valence-electron chi connectivity index (χ2n) is 5.72. The topological polar surface area (TPSA) is 17.8 Å². The SMILES string of the molecule is CSC1CCCCC1n1c(C(C)Cl)nc2cc(Cl)ccc21. The lowest BCUT2D eigenvalue weighted by Crippen LogP contribution is -2.26. The van der Waals surface area contributed by atoms with E-state index in [1.807, 2.05) is 30.8 Å². The third-order valence-electron chi connectivity index (χ3n) is 4.34. The molecule has 0 spiro atoms. The molecule has 1 aliphatic rings. The molecule has 1 aromatic heterocycles. The van der Waals surface area contributed by atoms with Crippen molar-refractivity contribution in [3.63, 3.8) is 0 Å². The maximum Gasteiger partial charge on any atom is 0.128 e. The van der Waals surface area contributed by atoms with Crippen LogP contribution in [-0.4, -0.2) is 21.1 Å². The Kier molecular flexibility index (Phi) is 4.72. The van der Waals surface area contributed by atoms with Crippen LogP contribution in [-0.2, 0) is 0 Å². The number of aromatic nitrogens is 2. The molecule has 1 aliphatic carbocycles. The lowest BCUT2D eigenvalue weighted by molar-refractivity contribution is 0.363. The molecule has 0 N–H and O–H groups in total. The molecular weight excluding hydrogens is 323 g/mol. The number of nitrogens with zero attached hydrogens (tertiary/aromatic N) is 2. The van der Waals surface area contributed by atoms with Gasteiger partial charge in [0.05, 0.1) is 16.4 Å². The largest absolute Gasteiger partial charge is 0.322 e. The van der Waals surface area contributed by atoms with E-state index in [0.29, 0.717) is 11.3 Å². The summed E-state index contributed by atoms with van der Waals surface area (Å²) < 4.78 is 2.38. The quantitative estimate of drug-likeness (QED) is 0.652. The van der Waals surface area contributed by atoms with E-state index in [-0.39, 0.29) is 5.38 Å². The van der Waals surface area contributed by atoms with E-state index in [4.69, 9.17) is 28.2 Å². The Hall–Kier alpha value is -0.380. The van der Waals surface area contributed by atoms with Gasteiger partial charge in [-0.2, -0.15) is 11.8 Å². The van der Waals surface area contributed by atoms with Crippen molar-refractivity contribution in [2.75, 3.05) is 6.26 Å². The van der Waals surface area contributed by atoms with Crippen molar-refractivity contribution in [2.45, 2.75) is 49.3 Å². The number of halogens is 2. The van der Waals surface area contributed by atoms with Crippen molar-refractivity contribution in [1.29, 1.82) is 0 Å². The second kappa shape index (κ2) is 6.39. The van der Waals surface area contributed by atoms with Crippen LogP contribution in [0.2, 0.25) is 5.02 Å². The molecule has 2 nitrogen and oxygen atoms in total. The number of hydrogen-bond donors (Lipinski definition) is 0. The van der Waals surface area contributed by atoms with Gasteiger partial charge in [-0.15, -0.1) is 11.6 Å². The third kappa shape index (κ3) is 2.93. The summed E-state index contributed by atoms with van der Waals surface area (Å²) >= 11 is 14.5. The summed E-state index contributed by atoms with van der Waals surface area (Å²) in [7, 11) is 0. The highest BCUT2D eigenvalue weighted by Crippen LogP contribution is 2.40. The summed E-state index contributed by atoms with van der Waals surface area (Å²) in [6.45, 7) is 2.00. The van der Waals surface area contributed by atoms with Gasteiger partial charge in [0, 0.05) is 16.3 Å². The molecule has 3 unspecified atom stereocenters. The number of thioether (sulfide) groups is 1. The Labute approximate surface area is 140 Å². The third-order valence-corrected chi connectivity index (χ3v) is 5.92. The van der Waals surface area contributed by atoms with E-state index < -0.39 is 0 Å². The Bertz CT molecular complexity index is 638. The number of benzene rings is 1. The van der Waals surface area contributed by atoms with Crippen molar-refractivity contribution >= 4 is 46.0 Å². The number of hydrogen-bond acceptors (Lipinski definition) is 2. The van der Waals surface area contributed by atoms with E-state index >= 15 is 0 Å². The summed E-state index contributed by atoms with van der Waals surface area (Å²) in [6.07, 6.45) is 7.30. The van der Waals surface area contributed by atoms with Crippen molar-refractivity contribution in [3.05, 3.63) is 29.0 Å². The summed E-state index contributed by atoms with van der Waals surface area (Å²) in [5.41, 5.74) is 2.11. The first-order chi connectivity index (χ1) is 10.1. The molecule has 21 heavy (non-hydrogen) atoms. The van der Waals surface area contributed by atoms with Gasteiger partial charge in [0.15, 0.2) is 0 Å². The molecule has 3 atom stereocenters. The van der Waals surface area contributed by atoms with E-state index in [9.17, 15) is 0 Å². The highest BCUT2D eigenvalue weighted by atomic mass is 35.5. The fraction of sp³-hybridized carbons (Fsp3) is 0.562. The van der Waals surface area contributed by atoms with Crippen molar-refractivity contribution in [2.24, 2.45) is 0 Å². The monoisotopic (exact) mass is 342 g/mol. The molecule has 0 amide bonds. The Morgan fingerprint density at radius 3 is 2.81 bits per heavy atom. The molecule has 114 valence electrons. The van der Waals surface area contributed by atoms with Crippen LogP contribution >= 0.6 is 35.0 Å². The van der Waals surface area contributed by atoms with Crippen molar-refractivity contribution < 1.29 is 0 Å². The minimum absolute atomic E-state index is 0.0967. The van der Waals surface area contributed by atoms with E-state index in [2.05, 4.69) is 16.9 Å². The van der Waals surface area contributed by atoms with Gasteiger partial charge in [-0.25, -0.2) is 4.98 Å². The van der Waals surface area contributed by atoms with Crippen molar-refractivity contribution in [1.82, 2.24) is 9.55 Å². The molecule has 1 fully saturated rings. The zero-order chi connectivity index (χ0) is 15.0. The number of rotatable bonds is 3. The fourth-order valence-corrected chi connectivity index (χ4v) is 4.66. The van der Waals surface area contributed by atoms with Gasteiger partial charge in [0.2, 0.25) is 0 Å². The van der Waals surface area contributed by atoms with Crippen LogP contribution in [0, 0.1) is 0 Å². The average molecular weight is 343 g/mol. The second-order valence-corrected chi connectivity index (χ2v) is 7.88. The maximum atomic E-state index is 6.41. The van der Waals surface area contributed by atoms with Gasteiger partial charge < -0.3 is 4.57 Å². The lowest BCUT2D eigenvalue weighted by atomic mass is 9.94. The summed E-state index contributed by atoms with van der Waals surface area (Å²) in [5.74, 6) is 0.972. The summed E-state index contributed by atoms with van der Waals surface area (Å²) in [5, 5.41) is 1.27. The van der Waals surface area contributed by atoms with Crippen LogP contribution in [0.1, 0.15) is 49.9 Å². The molecule has 0 radical (unpaired) electrons. The minimum atomic E-state index is -0.0967. The molecule has 0 bridgehead atoms. The normalized spacial score (nSPS) is 24.4. The van der Waals surface area contributed by atoms with Gasteiger partial charge in [0.25, 0.3) is 0 Å². The van der Waals surface area contributed by atoms with Crippen LogP contribution < -0.4 is 0 Å². The first kappa shape index (κ1) is 15.5. The first-order valence-electron chi connectivity index (χ1n) is 7.46. The zero-order valence-electron chi connectivity index (χ0n) is 12.4. The van der Waals surface area contributed by atoms with Crippen LogP contribution in [0.3, 0.4) is 0 Å². The zero-order valence-corrected chi connectivity index (χ0v) is 14.7. The smallest absolute Gasteiger partial charge is 0.128 e. The Morgan fingerprint density at radius 1 is 1.33 bits per heavy atom. The van der Waals surface area contributed by atoms with Crippen LogP contribution in [0.5, 0.6) is 0 Å². The predicted molar refractivity (Wildman–Crippen MR) is 93.8 cm³/mol. The number of fused-ring (bicyclic) bond motifs is 1. The number of alkyl halides is 1. The summed E-state index contributed by atoms with van der Waals surface area (Å²) in [4.78, 5) is 4.75. The fourth-order valence-electron chi connectivity index (χ4n) is 3.37. The molecule has 1 aromatic carbocycles. The maximum absolute atomic E-state index is 6.41. The van der Waals surface area contributed by atoms with Gasteiger partial charge in [0.1, 0.15) is 5.82 Å². The molecular formula is C16H20Cl2N2S. The molecule has 0 saturated heterocycles. The number of imidazole rings is 1. The van der Waals surface area contributed by atoms with Crippen molar-refractivity contribution in [3.8, 4) is 0 Å². The standard InChI is InChI=1S/C16H20Cl2N2S/c1-10(17)16-19-12-9-11(18)7-8-13(12)20(16)14-5-3-4-6-15(14)21-2/h7-10,14-15H,3-6H2,1-2H3. The van der Waals surface area contributed by atoms with Crippen LogP contribution in [0.4, 0.5) is 0 Å². The Balaban J connectivity index is 2.16. The molecule has 3 rings (SSSR count). The lowest BCUT2D eigenvalue weighted by Gasteiger charge is -2.33. The predicted octanol–water partition coefficient (Wildman–Crippen LogP) is 5.84. The van der Waals surface area contributed by atoms with Gasteiger partial charge in [-0.1, -0.05) is 24.4 Å². The van der Waals surface area contributed by atoms with Gasteiger partial charge >= 0.3 is 0 Å². The van der Waals surface area contributed by atoms with Gasteiger partial charge in [-0.05, 0) is 44.2 Å².